The second-order valence-electron chi connectivity index (χ2n) is 6.10. The number of nitrogens with zero attached hydrogens (tertiary/aromatic N) is 4. The fourth-order valence-electron chi connectivity index (χ4n) is 2.59. The number of amides is 1. The Hall–Kier alpha value is -3.53. The monoisotopic (exact) mass is 347 g/mol. The molecule has 0 saturated heterocycles. The van der Waals surface area contributed by atoms with Crippen LogP contribution in [0.3, 0.4) is 0 Å². The molecule has 0 aliphatic carbocycles. The van der Waals surface area contributed by atoms with Gasteiger partial charge in [-0.1, -0.05) is 12.1 Å². The number of aromatic nitrogens is 3. The molecule has 0 fully saturated rings. The van der Waals surface area contributed by atoms with Gasteiger partial charge >= 0.3 is 0 Å². The first-order valence-corrected chi connectivity index (χ1v) is 8.14. The standard InChI is InChI=1S/C19H17N5O2/c1-12(2)23-19(26)14(9-20)18(25)13-7-8-17(21-10-13)24-11-22-15-5-3-4-6-16(15)24/h3-8,10-12,14H,1-2H3,(H,23,26). The maximum absolute atomic E-state index is 12.5. The summed E-state index contributed by atoms with van der Waals surface area (Å²) in [6.45, 7) is 3.53. The van der Waals surface area contributed by atoms with Crippen LogP contribution in [0.1, 0.15) is 24.2 Å². The van der Waals surface area contributed by atoms with Gasteiger partial charge in [0.15, 0.2) is 11.7 Å². The van der Waals surface area contributed by atoms with Crippen LogP contribution in [0.5, 0.6) is 0 Å². The smallest absolute Gasteiger partial charge is 0.245 e. The van der Waals surface area contributed by atoms with Gasteiger partial charge in [0.1, 0.15) is 12.1 Å². The summed E-state index contributed by atoms with van der Waals surface area (Å²) >= 11 is 0. The third kappa shape index (κ3) is 3.30. The fraction of sp³-hybridized carbons (Fsp3) is 0.211. The van der Waals surface area contributed by atoms with Gasteiger partial charge in [-0.05, 0) is 38.1 Å². The lowest BCUT2D eigenvalue weighted by molar-refractivity contribution is -0.122. The van der Waals surface area contributed by atoms with Crippen molar-refractivity contribution in [2.75, 3.05) is 0 Å². The molecule has 1 aromatic carbocycles. The Morgan fingerprint density at radius 1 is 1.15 bits per heavy atom. The van der Waals surface area contributed by atoms with Gasteiger partial charge in [0, 0.05) is 17.8 Å². The molecular weight excluding hydrogens is 330 g/mol. The highest BCUT2D eigenvalue weighted by atomic mass is 16.2. The molecule has 0 aliphatic rings. The first-order valence-electron chi connectivity index (χ1n) is 8.14. The predicted molar refractivity (Wildman–Crippen MR) is 95.6 cm³/mol. The molecule has 3 rings (SSSR count). The molecule has 2 heterocycles. The highest BCUT2D eigenvalue weighted by Crippen LogP contribution is 2.17. The number of rotatable bonds is 5. The third-order valence-electron chi connectivity index (χ3n) is 3.82. The van der Waals surface area contributed by atoms with Gasteiger partial charge in [0.05, 0.1) is 17.1 Å². The molecule has 7 heteroatoms. The van der Waals surface area contributed by atoms with E-state index in [2.05, 4.69) is 15.3 Å². The number of carbonyl (C=O) groups is 2. The van der Waals surface area contributed by atoms with E-state index in [4.69, 9.17) is 0 Å². The van der Waals surface area contributed by atoms with Gasteiger partial charge in [-0.2, -0.15) is 5.26 Å². The summed E-state index contributed by atoms with van der Waals surface area (Å²) in [7, 11) is 0. The number of hydrogen-bond acceptors (Lipinski definition) is 5. The summed E-state index contributed by atoms with van der Waals surface area (Å²) in [6, 6.07) is 12.5. The molecule has 130 valence electrons. The number of benzene rings is 1. The van der Waals surface area contributed by atoms with E-state index < -0.39 is 17.6 Å². The van der Waals surface area contributed by atoms with E-state index >= 15 is 0 Å². The number of pyridine rings is 1. The van der Waals surface area contributed by atoms with E-state index in [0.717, 1.165) is 11.0 Å². The number of nitriles is 1. The van der Waals surface area contributed by atoms with Gasteiger partial charge < -0.3 is 5.32 Å². The Morgan fingerprint density at radius 3 is 2.58 bits per heavy atom. The van der Waals surface area contributed by atoms with E-state index in [0.29, 0.717) is 5.82 Å². The van der Waals surface area contributed by atoms with Gasteiger partial charge in [0.25, 0.3) is 0 Å². The lowest BCUT2D eigenvalue weighted by Crippen LogP contribution is -2.38. The first-order chi connectivity index (χ1) is 12.5. The average Bonchev–Trinajstić information content (AvgIpc) is 3.06. The summed E-state index contributed by atoms with van der Waals surface area (Å²) in [5.74, 6) is -1.97. The summed E-state index contributed by atoms with van der Waals surface area (Å²) in [5, 5.41) is 11.8. The van der Waals surface area contributed by atoms with Crippen molar-refractivity contribution >= 4 is 22.7 Å². The quantitative estimate of drug-likeness (QED) is 0.563. The van der Waals surface area contributed by atoms with Crippen molar-refractivity contribution in [1.29, 1.82) is 5.26 Å². The normalized spacial score (nSPS) is 11.9. The fourth-order valence-corrected chi connectivity index (χ4v) is 2.59. The minimum absolute atomic E-state index is 0.152. The van der Waals surface area contributed by atoms with Crippen molar-refractivity contribution in [3.05, 3.63) is 54.5 Å². The minimum atomic E-state index is -1.39. The topological polar surface area (TPSA) is 101 Å². The molecule has 7 nitrogen and oxygen atoms in total. The molecule has 26 heavy (non-hydrogen) atoms. The van der Waals surface area contributed by atoms with Crippen molar-refractivity contribution in [2.45, 2.75) is 19.9 Å². The van der Waals surface area contributed by atoms with Crippen molar-refractivity contribution < 1.29 is 9.59 Å². The zero-order chi connectivity index (χ0) is 18.7. The Balaban J connectivity index is 1.86. The maximum atomic E-state index is 12.5. The predicted octanol–water partition coefficient (Wildman–Crippen LogP) is 2.27. The summed E-state index contributed by atoms with van der Waals surface area (Å²) in [5.41, 5.74) is 1.94. The van der Waals surface area contributed by atoms with Crippen LogP contribution in [0.15, 0.2) is 48.9 Å². The molecule has 0 aliphatic heterocycles. The second-order valence-corrected chi connectivity index (χ2v) is 6.10. The van der Waals surface area contributed by atoms with Crippen LogP contribution >= 0.6 is 0 Å². The number of hydrogen-bond donors (Lipinski definition) is 1. The number of fused-ring (bicyclic) bond motifs is 1. The number of imidazole rings is 1. The molecule has 3 aromatic rings. The molecule has 1 unspecified atom stereocenters. The second kappa shape index (κ2) is 7.15. The van der Waals surface area contributed by atoms with Gasteiger partial charge in [-0.3, -0.25) is 14.2 Å². The van der Waals surface area contributed by atoms with Crippen LogP contribution in [0.4, 0.5) is 0 Å². The zero-order valence-corrected chi connectivity index (χ0v) is 14.4. The summed E-state index contributed by atoms with van der Waals surface area (Å²) in [4.78, 5) is 33.1. The van der Waals surface area contributed by atoms with E-state index in [1.165, 1.54) is 6.20 Å². The third-order valence-corrected chi connectivity index (χ3v) is 3.82. The van der Waals surface area contributed by atoms with Crippen LogP contribution < -0.4 is 5.32 Å². The molecule has 1 amide bonds. The number of para-hydroxylation sites is 2. The van der Waals surface area contributed by atoms with Crippen molar-refractivity contribution in [3.63, 3.8) is 0 Å². The van der Waals surface area contributed by atoms with E-state index in [1.807, 2.05) is 24.3 Å². The maximum Gasteiger partial charge on any atom is 0.245 e. The van der Waals surface area contributed by atoms with Gasteiger partial charge in [-0.25, -0.2) is 9.97 Å². The largest absolute Gasteiger partial charge is 0.352 e. The summed E-state index contributed by atoms with van der Waals surface area (Å²) in [6.07, 6.45) is 3.03. The highest BCUT2D eigenvalue weighted by molar-refractivity contribution is 6.12. The van der Waals surface area contributed by atoms with Crippen LogP contribution in [-0.4, -0.2) is 32.3 Å². The van der Waals surface area contributed by atoms with E-state index in [1.54, 1.807) is 42.9 Å². The Labute approximate surface area is 150 Å². The van der Waals surface area contributed by atoms with Crippen LogP contribution in [0.2, 0.25) is 0 Å². The molecule has 1 atom stereocenters. The molecule has 0 radical (unpaired) electrons. The zero-order valence-electron chi connectivity index (χ0n) is 14.4. The van der Waals surface area contributed by atoms with Crippen LogP contribution in [-0.2, 0) is 4.79 Å². The SMILES string of the molecule is CC(C)NC(=O)C(C#N)C(=O)c1ccc(-n2cnc3ccccc32)nc1. The van der Waals surface area contributed by atoms with Crippen molar-refractivity contribution in [1.82, 2.24) is 19.9 Å². The molecule has 0 spiro atoms. The van der Waals surface area contributed by atoms with Crippen molar-refractivity contribution in [3.8, 4) is 11.9 Å². The lowest BCUT2D eigenvalue weighted by Gasteiger charge is -2.12. The Morgan fingerprint density at radius 2 is 1.92 bits per heavy atom. The van der Waals surface area contributed by atoms with Gasteiger partial charge in [0.2, 0.25) is 5.91 Å². The van der Waals surface area contributed by atoms with Crippen molar-refractivity contribution in [2.24, 2.45) is 5.92 Å². The number of carbonyl (C=O) groups excluding carboxylic acids is 2. The lowest BCUT2D eigenvalue weighted by atomic mass is 9.99. The Kier molecular flexibility index (Phi) is 4.76. The van der Waals surface area contributed by atoms with Crippen LogP contribution in [0, 0.1) is 17.2 Å². The number of ketones is 1. The van der Waals surface area contributed by atoms with Crippen LogP contribution in [0.25, 0.3) is 16.9 Å². The Bertz CT molecular complexity index is 999. The molecule has 2 aromatic heterocycles. The first kappa shape index (κ1) is 17.3. The molecular formula is C19H17N5O2. The average molecular weight is 347 g/mol. The summed E-state index contributed by atoms with van der Waals surface area (Å²) < 4.78 is 1.80. The number of Topliss-reactive ketones (excluding diaryl/α,β-unsaturated/α-hetero) is 1. The highest BCUT2D eigenvalue weighted by Gasteiger charge is 2.28. The number of nitrogens with one attached hydrogen (secondary N) is 1. The minimum Gasteiger partial charge on any atom is -0.352 e. The van der Waals surface area contributed by atoms with Gasteiger partial charge in [-0.15, -0.1) is 0 Å². The van der Waals surface area contributed by atoms with E-state index in [9.17, 15) is 14.9 Å². The molecule has 0 saturated carbocycles. The van der Waals surface area contributed by atoms with E-state index in [-0.39, 0.29) is 11.6 Å². The molecule has 1 N–H and O–H groups in total. The molecule has 0 bridgehead atoms.